The molecule has 0 aromatic heterocycles. The molecule has 1 fully saturated rings. The molecule has 0 heterocycles. The summed E-state index contributed by atoms with van der Waals surface area (Å²) in [6, 6.07) is 8.55. The Bertz CT molecular complexity index is 304. The normalized spacial score (nSPS) is 26.5. The fourth-order valence-corrected chi connectivity index (χ4v) is 3.22. The third kappa shape index (κ3) is 3.40. The first-order valence-corrected chi connectivity index (χ1v) is 6.67. The maximum atomic E-state index is 5.88. The first kappa shape index (κ1) is 11.3. The Morgan fingerprint density at radius 1 is 1.07 bits per heavy atom. The Hall–Kier alpha value is -0.180. The van der Waals surface area contributed by atoms with Crippen molar-refractivity contribution in [3.05, 3.63) is 29.3 Å². The summed E-state index contributed by atoms with van der Waals surface area (Å²) in [4.78, 5) is 1.32. The molecule has 0 radical (unpaired) electrons. The van der Waals surface area contributed by atoms with Crippen LogP contribution >= 0.6 is 23.4 Å². The third-order valence-electron chi connectivity index (χ3n) is 2.84. The van der Waals surface area contributed by atoms with Crippen LogP contribution in [0.3, 0.4) is 0 Å². The average molecular weight is 242 g/mol. The summed E-state index contributed by atoms with van der Waals surface area (Å²) in [5.74, 6) is 0. The molecule has 0 saturated heterocycles. The molecule has 1 aromatic rings. The van der Waals surface area contributed by atoms with Crippen LogP contribution in [0.2, 0.25) is 5.02 Å². The molecule has 0 aliphatic heterocycles. The van der Waals surface area contributed by atoms with Gasteiger partial charge in [0.2, 0.25) is 0 Å². The molecular formula is C12H16ClNS. The van der Waals surface area contributed by atoms with E-state index < -0.39 is 0 Å². The van der Waals surface area contributed by atoms with Crippen LogP contribution in [-0.2, 0) is 0 Å². The molecule has 0 amide bonds. The lowest BCUT2D eigenvalue weighted by Gasteiger charge is -2.25. The van der Waals surface area contributed by atoms with Crippen LogP contribution in [0.5, 0.6) is 0 Å². The molecule has 1 saturated carbocycles. The van der Waals surface area contributed by atoms with Crippen molar-refractivity contribution in [2.24, 2.45) is 5.73 Å². The van der Waals surface area contributed by atoms with E-state index in [-0.39, 0.29) is 0 Å². The van der Waals surface area contributed by atoms with E-state index in [4.69, 9.17) is 17.3 Å². The second kappa shape index (κ2) is 5.24. The highest BCUT2D eigenvalue weighted by atomic mass is 35.5. The molecule has 15 heavy (non-hydrogen) atoms. The molecule has 0 bridgehead atoms. The fourth-order valence-electron chi connectivity index (χ4n) is 1.91. The number of rotatable bonds is 2. The van der Waals surface area contributed by atoms with Gasteiger partial charge in [0.05, 0.1) is 0 Å². The first-order valence-electron chi connectivity index (χ1n) is 5.42. The van der Waals surface area contributed by atoms with E-state index in [1.165, 1.54) is 30.6 Å². The van der Waals surface area contributed by atoms with E-state index in [2.05, 4.69) is 12.1 Å². The fraction of sp³-hybridized carbons (Fsp3) is 0.500. The summed E-state index contributed by atoms with van der Waals surface area (Å²) < 4.78 is 0. The van der Waals surface area contributed by atoms with Gasteiger partial charge in [-0.1, -0.05) is 11.6 Å². The van der Waals surface area contributed by atoms with Gasteiger partial charge in [0.25, 0.3) is 0 Å². The highest BCUT2D eigenvalue weighted by Gasteiger charge is 2.19. The van der Waals surface area contributed by atoms with Gasteiger partial charge in [0.15, 0.2) is 0 Å². The van der Waals surface area contributed by atoms with Crippen molar-refractivity contribution in [1.82, 2.24) is 0 Å². The SMILES string of the molecule is NC1CCC(Sc2ccc(Cl)cc2)CC1. The van der Waals surface area contributed by atoms with Crippen molar-refractivity contribution in [1.29, 1.82) is 0 Å². The van der Waals surface area contributed by atoms with Gasteiger partial charge in [-0.25, -0.2) is 0 Å². The monoisotopic (exact) mass is 241 g/mol. The average Bonchev–Trinajstić information content (AvgIpc) is 2.25. The van der Waals surface area contributed by atoms with Gasteiger partial charge in [-0.3, -0.25) is 0 Å². The lowest BCUT2D eigenvalue weighted by molar-refractivity contribution is 0.451. The summed E-state index contributed by atoms with van der Waals surface area (Å²) >= 11 is 7.81. The van der Waals surface area contributed by atoms with Gasteiger partial charge in [0.1, 0.15) is 0 Å². The van der Waals surface area contributed by atoms with Gasteiger partial charge < -0.3 is 5.73 Å². The predicted molar refractivity (Wildman–Crippen MR) is 67.5 cm³/mol. The maximum absolute atomic E-state index is 5.88. The Kier molecular flexibility index (Phi) is 3.95. The largest absolute Gasteiger partial charge is 0.328 e. The Balaban J connectivity index is 1.89. The van der Waals surface area contributed by atoms with E-state index >= 15 is 0 Å². The molecule has 3 heteroatoms. The van der Waals surface area contributed by atoms with Crippen molar-refractivity contribution in [3.63, 3.8) is 0 Å². The topological polar surface area (TPSA) is 26.0 Å². The minimum absolute atomic E-state index is 0.437. The standard InChI is InChI=1S/C12H16ClNS/c13-9-1-5-11(6-2-9)15-12-7-3-10(14)4-8-12/h1-2,5-6,10,12H,3-4,7-8,14H2. The lowest BCUT2D eigenvalue weighted by atomic mass is 9.96. The minimum atomic E-state index is 0.437. The number of halogens is 1. The second-order valence-electron chi connectivity index (χ2n) is 4.11. The molecule has 1 aliphatic carbocycles. The number of benzene rings is 1. The molecule has 82 valence electrons. The summed E-state index contributed by atoms with van der Waals surface area (Å²) in [7, 11) is 0. The summed E-state index contributed by atoms with van der Waals surface area (Å²) in [6.07, 6.45) is 4.83. The Labute approximate surface area is 100 Å². The quantitative estimate of drug-likeness (QED) is 0.855. The zero-order chi connectivity index (χ0) is 10.7. The van der Waals surface area contributed by atoms with Crippen LogP contribution in [0.1, 0.15) is 25.7 Å². The smallest absolute Gasteiger partial charge is 0.0406 e. The van der Waals surface area contributed by atoms with Crippen LogP contribution < -0.4 is 5.73 Å². The summed E-state index contributed by atoms with van der Waals surface area (Å²) in [5, 5.41) is 1.55. The second-order valence-corrected chi connectivity index (χ2v) is 5.92. The molecule has 1 aliphatic rings. The van der Waals surface area contributed by atoms with E-state index in [9.17, 15) is 0 Å². The van der Waals surface area contributed by atoms with Crippen molar-refractivity contribution in [3.8, 4) is 0 Å². The van der Waals surface area contributed by atoms with E-state index in [1.807, 2.05) is 23.9 Å². The molecule has 0 atom stereocenters. The lowest BCUT2D eigenvalue weighted by Crippen LogP contribution is -2.27. The zero-order valence-corrected chi connectivity index (χ0v) is 10.2. The summed E-state index contributed by atoms with van der Waals surface area (Å²) in [5.41, 5.74) is 5.88. The molecule has 2 N–H and O–H groups in total. The zero-order valence-electron chi connectivity index (χ0n) is 8.66. The number of thioether (sulfide) groups is 1. The van der Waals surface area contributed by atoms with Crippen LogP contribution in [0.25, 0.3) is 0 Å². The van der Waals surface area contributed by atoms with Gasteiger partial charge in [-0.15, -0.1) is 11.8 Å². The van der Waals surface area contributed by atoms with E-state index in [0.717, 1.165) is 10.3 Å². The first-order chi connectivity index (χ1) is 7.24. The predicted octanol–water partition coefficient (Wildman–Crippen LogP) is 3.70. The number of nitrogens with two attached hydrogens (primary N) is 1. The molecule has 0 unspecified atom stereocenters. The summed E-state index contributed by atoms with van der Waals surface area (Å²) in [6.45, 7) is 0. The minimum Gasteiger partial charge on any atom is -0.328 e. The molecule has 0 spiro atoms. The molecule has 2 rings (SSSR count). The highest BCUT2D eigenvalue weighted by molar-refractivity contribution is 8.00. The molecular weight excluding hydrogens is 226 g/mol. The van der Waals surface area contributed by atoms with Crippen LogP contribution in [0.4, 0.5) is 0 Å². The van der Waals surface area contributed by atoms with Crippen LogP contribution in [-0.4, -0.2) is 11.3 Å². The van der Waals surface area contributed by atoms with Gasteiger partial charge in [-0.2, -0.15) is 0 Å². The van der Waals surface area contributed by atoms with Gasteiger partial charge >= 0.3 is 0 Å². The van der Waals surface area contributed by atoms with Gasteiger partial charge in [-0.05, 0) is 49.9 Å². The van der Waals surface area contributed by atoms with E-state index in [1.54, 1.807) is 0 Å². The number of hydrogen-bond donors (Lipinski definition) is 1. The van der Waals surface area contributed by atoms with E-state index in [0.29, 0.717) is 6.04 Å². The molecule has 1 nitrogen and oxygen atoms in total. The van der Waals surface area contributed by atoms with Crippen LogP contribution in [0, 0.1) is 0 Å². The number of hydrogen-bond acceptors (Lipinski definition) is 2. The Morgan fingerprint density at radius 2 is 1.67 bits per heavy atom. The van der Waals surface area contributed by atoms with Crippen molar-refractivity contribution >= 4 is 23.4 Å². The Morgan fingerprint density at radius 3 is 2.27 bits per heavy atom. The maximum Gasteiger partial charge on any atom is 0.0406 e. The van der Waals surface area contributed by atoms with Crippen molar-refractivity contribution < 1.29 is 0 Å². The van der Waals surface area contributed by atoms with Gasteiger partial charge in [0, 0.05) is 21.2 Å². The highest BCUT2D eigenvalue weighted by Crippen LogP contribution is 2.33. The van der Waals surface area contributed by atoms with Crippen molar-refractivity contribution in [2.75, 3.05) is 0 Å². The third-order valence-corrected chi connectivity index (χ3v) is 4.44. The van der Waals surface area contributed by atoms with Crippen molar-refractivity contribution in [2.45, 2.75) is 41.9 Å². The molecule has 1 aromatic carbocycles. The van der Waals surface area contributed by atoms with Crippen LogP contribution in [0.15, 0.2) is 29.2 Å².